The molecule has 4 nitrogen and oxygen atoms in total. The van der Waals surface area contributed by atoms with Crippen molar-refractivity contribution < 1.29 is 13.5 Å². The van der Waals surface area contributed by atoms with Gasteiger partial charge in [-0.05, 0) is 28.8 Å². The molecule has 0 spiro atoms. The first-order valence-corrected chi connectivity index (χ1v) is 8.31. The first kappa shape index (κ1) is 15.0. The highest BCUT2D eigenvalue weighted by Crippen LogP contribution is 2.20. The topological polar surface area (TPSA) is 66.4 Å². The van der Waals surface area contributed by atoms with Crippen molar-refractivity contribution in [1.82, 2.24) is 4.72 Å². The molecule has 2 rings (SSSR count). The van der Waals surface area contributed by atoms with E-state index in [1.807, 2.05) is 42.5 Å². The second-order valence-corrected chi connectivity index (χ2v) is 6.72. The van der Waals surface area contributed by atoms with Crippen LogP contribution in [0.2, 0.25) is 0 Å². The van der Waals surface area contributed by atoms with E-state index in [9.17, 15) is 13.5 Å². The molecular formula is C15H19NO3S. The van der Waals surface area contributed by atoms with E-state index in [2.05, 4.69) is 4.72 Å². The van der Waals surface area contributed by atoms with E-state index in [-0.39, 0.29) is 12.3 Å². The van der Waals surface area contributed by atoms with Crippen LogP contribution in [0.1, 0.15) is 25.0 Å². The molecule has 5 heteroatoms. The van der Waals surface area contributed by atoms with Gasteiger partial charge in [-0.1, -0.05) is 43.3 Å². The number of aliphatic hydroxyl groups is 1. The number of aliphatic hydroxyl groups excluding tert-OH is 1. The molecule has 0 aliphatic heterocycles. The average molecular weight is 293 g/mol. The summed E-state index contributed by atoms with van der Waals surface area (Å²) in [5.41, 5.74) is 0.711. The van der Waals surface area contributed by atoms with Crippen molar-refractivity contribution in [2.75, 3.05) is 12.3 Å². The normalized spacial score (nSPS) is 13.5. The zero-order valence-corrected chi connectivity index (χ0v) is 12.2. The van der Waals surface area contributed by atoms with Gasteiger partial charge < -0.3 is 5.11 Å². The van der Waals surface area contributed by atoms with Gasteiger partial charge in [0.05, 0.1) is 11.9 Å². The summed E-state index contributed by atoms with van der Waals surface area (Å²) in [6.07, 6.45) is -0.284. The third-order valence-electron chi connectivity index (χ3n) is 3.13. The maximum absolute atomic E-state index is 11.6. The zero-order valence-electron chi connectivity index (χ0n) is 11.4. The van der Waals surface area contributed by atoms with Crippen LogP contribution in [0, 0.1) is 0 Å². The van der Waals surface area contributed by atoms with E-state index in [1.54, 1.807) is 6.92 Å². The molecule has 0 amide bonds. The summed E-state index contributed by atoms with van der Waals surface area (Å²) in [5.74, 6) is 0.0808. The molecule has 108 valence electrons. The number of benzene rings is 2. The van der Waals surface area contributed by atoms with Gasteiger partial charge >= 0.3 is 0 Å². The molecule has 0 fully saturated rings. The Labute approximate surface area is 119 Å². The first-order chi connectivity index (χ1) is 9.52. The molecule has 1 atom stereocenters. The predicted molar refractivity (Wildman–Crippen MR) is 81.0 cm³/mol. The molecule has 2 N–H and O–H groups in total. The summed E-state index contributed by atoms with van der Waals surface area (Å²) in [6, 6.07) is 13.5. The number of fused-ring (bicyclic) bond motifs is 1. The Balaban J connectivity index is 2.09. The third-order valence-corrected chi connectivity index (χ3v) is 4.68. The van der Waals surface area contributed by atoms with Gasteiger partial charge in [0, 0.05) is 6.54 Å². The second-order valence-electron chi connectivity index (χ2n) is 4.79. The van der Waals surface area contributed by atoms with Crippen LogP contribution in [0.3, 0.4) is 0 Å². The second kappa shape index (κ2) is 6.35. The first-order valence-electron chi connectivity index (χ1n) is 6.66. The van der Waals surface area contributed by atoms with Crippen LogP contribution >= 0.6 is 0 Å². The fourth-order valence-electron chi connectivity index (χ4n) is 2.08. The molecule has 1 unspecified atom stereocenters. The molecule has 0 aliphatic rings. The summed E-state index contributed by atoms with van der Waals surface area (Å²) in [6.45, 7) is 1.81. The molecule has 0 saturated heterocycles. The van der Waals surface area contributed by atoms with Crippen LogP contribution in [0.5, 0.6) is 0 Å². The molecule has 2 aromatic rings. The van der Waals surface area contributed by atoms with Crippen molar-refractivity contribution in [2.45, 2.75) is 19.4 Å². The Bertz CT molecular complexity index is 682. The average Bonchev–Trinajstić information content (AvgIpc) is 2.44. The minimum Gasteiger partial charge on any atom is -0.387 e. The van der Waals surface area contributed by atoms with E-state index >= 15 is 0 Å². The van der Waals surface area contributed by atoms with Gasteiger partial charge in [0.15, 0.2) is 0 Å². The lowest BCUT2D eigenvalue weighted by atomic mass is 10.0. The van der Waals surface area contributed by atoms with Gasteiger partial charge in [-0.15, -0.1) is 0 Å². The fourth-order valence-corrected chi connectivity index (χ4v) is 3.17. The predicted octanol–water partition coefficient (Wildman–Crippen LogP) is 2.20. The Morgan fingerprint density at radius 3 is 2.55 bits per heavy atom. The minimum absolute atomic E-state index is 0.000668. The van der Waals surface area contributed by atoms with Crippen LogP contribution in [0.25, 0.3) is 10.8 Å². The minimum atomic E-state index is -3.29. The molecule has 20 heavy (non-hydrogen) atoms. The molecule has 0 aliphatic carbocycles. The highest BCUT2D eigenvalue weighted by Gasteiger charge is 2.13. The molecule has 0 aromatic heterocycles. The van der Waals surface area contributed by atoms with Gasteiger partial charge in [0.2, 0.25) is 10.0 Å². The van der Waals surface area contributed by atoms with Crippen molar-refractivity contribution in [3.05, 3.63) is 48.0 Å². The largest absolute Gasteiger partial charge is 0.387 e. The molecule has 0 saturated carbocycles. The van der Waals surface area contributed by atoms with Gasteiger partial charge in [-0.25, -0.2) is 13.1 Å². The lowest BCUT2D eigenvalue weighted by molar-refractivity contribution is 0.182. The lowest BCUT2D eigenvalue weighted by Gasteiger charge is -2.13. The van der Waals surface area contributed by atoms with Crippen molar-refractivity contribution in [1.29, 1.82) is 0 Å². The van der Waals surface area contributed by atoms with Gasteiger partial charge in [0.1, 0.15) is 0 Å². The highest BCUT2D eigenvalue weighted by atomic mass is 32.2. The van der Waals surface area contributed by atoms with Gasteiger partial charge in [0.25, 0.3) is 0 Å². The highest BCUT2D eigenvalue weighted by molar-refractivity contribution is 7.89. The van der Waals surface area contributed by atoms with Crippen molar-refractivity contribution in [2.24, 2.45) is 0 Å². The van der Waals surface area contributed by atoms with E-state index in [0.717, 1.165) is 10.8 Å². The quantitative estimate of drug-likeness (QED) is 0.858. The van der Waals surface area contributed by atoms with E-state index < -0.39 is 16.1 Å². The van der Waals surface area contributed by atoms with Crippen LogP contribution in [-0.4, -0.2) is 25.8 Å². The number of rotatable bonds is 6. The SMILES string of the molecule is CCCS(=O)(=O)NCC(O)c1ccc2ccccc2c1. The number of hydrogen-bond acceptors (Lipinski definition) is 3. The molecule has 2 aromatic carbocycles. The standard InChI is InChI=1S/C15H19NO3S/c1-2-9-20(18,19)16-11-15(17)14-8-7-12-5-3-4-6-13(12)10-14/h3-8,10,15-17H,2,9,11H2,1H3. The number of hydrogen-bond donors (Lipinski definition) is 2. The van der Waals surface area contributed by atoms with E-state index in [0.29, 0.717) is 12.0 Å². The van der Waals surface area contributed by atoms with Crippen LogP contribution in [0.4, 0.5) is 0 Å². The van der Waals surface area contributed by atoms with Gasteiger partial charge in [-0.2, -0.15) is 0 Å². The summed E-state index contributed by atoms with van der Waals surface area (Å²) in [4.78, 5) is 0. The third kappa shape index (κ3) is 3.79. The smallest absolute Gasteiger partial charge is 0.211 e. The van der Waals surface area contributed by atoms with Crippen molar-refractivity contribution >= 4 is 20.8 Å². The monoisotopic (exact) mass is 293 g/mol. The maximum atomic E-state index is 11.6. The Kier molecular flexibility index (Phi) is 4.75. The number of nitrogens with one attached hydrogen (secondary N) is 1. The molecule has 0 bridgehead atoms. The van der Waals surface area contributed by atoms with Crippen molar-refractivity contribution in [3.63, 3.8) is 0 Å². The summed E-state index contributed by atoms with van der Waals surface area (Å²) < 4.78 is 25.5. The summed E-state index contributed by atoms with van der Waals surface area (Å²) in [7, 11) is -3.29. The van der Waals surface area contributed by atoms with Gasteiger partial charge in [-0.3, -0.25) is 0 Å². The summed E-state index contributed by atoms with van der Waals surface area (Å²) >= 11 is 0. The Morgan fingerprint density at radius 2 is 1.85 bits per heavy atom. The molecule has 0 heterocycles. The van der Waals surface area contributed by atoms with Crippen LogP contribution in [-0.2, 0) is 10.0 Å². The molecular weight excluding hydrogens is 274 g/mol. The Hall–Kier alpha value is -1.43. The van der Waals surface area contributed by atoms with Crippen LogP contribution < -0.4 is 4.72 Å². The van der Waals surface area contributed by atoms with Crippen molar-refractivity contribution in [3.8, 4) is 0 Å². The van der Waals surface area contributed by atoms with Crippen LogP contribution in [0.15, 0.2) is 42.5 Å². The fraction of sp³-hybridized carbons (Fsp3) is 0.333. The maximum Gasteiger partial charge on any atom is 0.211 e. The summed E-state index contributed by atoms with van der Waals surface area (Å²) in [5, 5.41) is 12.2. The number of sulfonamides is 1. The molecule has 0 radical (unpaired) electrons. The van der Waals surface area contributed by atoms with E-state index in [4.69, 9.17) is 0 Å². The Morgan fingerprint density at radius 1 is 1.15 bits per heavy atom. The lowest BCUT2D eigenvalue weighted by Crippen LogP contribution is -2.30. The van der Waals surface area contributed by atoms with E-state index in [1.165, 1.54) is 0 Å². The zero-order chi connectivity index (χ0) is 14.6.